The first-order chi connectivity index (χ1) is 9.70. The first-order valence-corrected chi connectivity index (χ1v) is 7.24. The third-order valence-corrected chi connectivity index (χ3v) is 4.39. The van der Waals surface area contributed by atoms with Gasteiger partial charge in [0.25, 0.3) is 0 Å². The second kappa shape index (κ2) is 5.10. The lowest BCUT2D eigenvalue weighted by molar-refractivity contribution is 0.101. The number of ketones is 1. The SMILES string of the molecule is COc1cccc(-c2cccc3c(C(C)=O)csc23)c1. The van der Waals surface area contributed by atoms with Crippen LogP contribution in [-0.2, 0) is 0 Å². The quantitative estimate of drug-likeness (QED) is 0.646. The van der Waals surface area contributed by atoms with E-state index in [2.05, 4.69) is 12.1 Å². The number of ether oxygens (including phenoxy) is 1. The van der Waals surface area contributed by atoms with Crippen molar-refractivity contribution in [3.8, 4) is 16.9 Å². The van der Waals surface area contributed by atoms with Crippen molar-refractivity contribution in [1.29, 1.82) is 0 Å². The smallest absolute Gasteiger partial charge is 0.161 e. The molecule has 0 aliphatic heterocycles. The number of carbonyl (C=O) groups is 1. The Kier molecular flexibility index (Phi) is 3.28. The molecule has 0 aliphatic rings. The van der Waals surface area contributed by atoms with E-state index in [4.69, 9.17) is 4.74 Å². The molecule has 1 heterocycles. The molecule has 0 atom stereocenters. The fourth-order valence-corrected chi connectivity index (χ4v) is 3.49. The van der Waals surface area contributed by atoms with E-state index in [1.54, 1.807) is 25.4 Å². The summed E-state index contributed by atoms with van der Waals surface area (Å²) < 4.78 is 6.43. The van der Waals surface area contributed by atoms with Gasteiger partial charge in [-0.05, 0) is 30.2 Å². The summed E-state index contributed by atoms with van der Waals surface area (Å²) in [7, 11) is 1.67. The zero-order valence-electron chi connectivity index (χ0n) is 11.3. The molecule has 0 bridgehead atoms. The fraction of sp³-hybridized carbons (Fsp3) is 0.118. The number of rotatable bonds is 3. The van der Waals surface area contributed by atoms with Crippen LogP contribution in [0.15, 0.2) is 47.8 Å². The molecule has 3 rings (SSSR count). The minimum absolute atomic E-state index is 0.110. The van der Waals surface area contributed by atoms with E-state index in [0.29, 0.717) is 0 Å². The minimum atomic E-state index is 0.110. The second-order valence-corrected chi connectivity index (χ2v) is 5.50. The Balaban J connectivity index is 2.23. The highest BCUT2D eigenvalue weighted by Gasteiger charge is 2.12. The molecule has 0 unspecified atom stereocenters. The molecule has 100 valence electrons. The molecule has 2 nitrogen and oxygen atoms in total. The molecule has 3 heteroatoms. The summed E-state index contributed by atoms with van der Waals surface area (Å²) >= 11 is 1.62. The number of fused-ring (bicyclic) bond motifs is 1. The average molecular weight is 282 g/mol. The van der Waals surface area contributed by atoms with Gasteiger partial charge in [-0.3, -0.25) is 4.79 Å². The van der Waals surface area contributed by atoms with Gasteiger partial charge in [0.2, 0.25) is 0 Å². The Hall–Kier alpha value is -2.13. The number of Topliss-reactive ketones (excluding diaryl/α,β-unsaturated/α-hetero) is 1. The zero-order chi connectivity index (χ0) is 14.1. The van der Waals surface area contributed by atoms with E-state index in [-0.39, 0.29) is 5.78 Å². The van der Waals surface area contributed by atoms with Gasteiger partial charge in [-0.2, -0.15) is 0 Å². The molecule has 3 aromatic rings. The fourth-order valence-electron chi connectivity index (χ4n) is 2.35. The molecule has 0 N–H and O–H groups in total. The van der Waals surface area contributed by atoms with Crippen LogP contribution in [0.1, 0.15) is 17.3 Å². The standard InChI is InChI=1S/C17H14O2S/c1-11(18)16-10-20-17-14(7-4-8-15(16)17)12-5-3-6-13(9-12)19-2/h3-10H,1-2H3. The molecule has 0 spiro atoms. The van der Waals surface area contributed by atoms with Crippen LogP contribution in [0.3, 0.4) is 0 Å². The number of thiophene rings is 1. The van der Waals surface area contributed by atoms with Crippen LogP contribution in [0.25, 0.3) is 21.2 Å². The molecule has 0 saturated carbocycles. The predicted molar refractivity (Wildman–Crippen MR) is 83.8 cm³/mol. The number of hydrogen-bond acceptors (Lipinski definition) is 3. The lowest BCUT2D eigenvalue weighted by Gasteiger charge is -2.06. The van der Waals surface area contributed by atoms with Gasteiger partial charge in [0.1, 0.15) is 5.75 Å². The van der Waals surface area contributed by atoms with Gasteiger partial charge < -0.3 is 4.74 Å². The Bertz CT molecular complexity index is 787. The average Bonchev–Trinajstić information content (AvgIpc) is 2.91. The van der Waals surface area contributed by atoms with Gasteiger partial charge in [-0.1, -0.05) is 30.3 Å². The van der Waals surface area contributed by atoms with Gasteiger partial charge in [-0.15, -0.1) is 11.3 Å². The van der Waals surface area contributed by atoms with Crippen LogP contribution in [0.5, 0.6) is 5.75 Å². The lowest BCUT2D eigenvalue weighted by Crippen LogP contribution is -1.89. The Morgan fingerprint density at radius 3 is 2.70 bits per heavy atom. The van der Waals surface area contributed by atoms with Crippen molar-refractivity contribution in [2.75, 3.05) is 7.11 Å². The molecule has 0 aliphatic carbocycles. The highest BCUT2D eigenvalue weighted by Crippen LogP contribution is 2.36. The Morgan fingerprint density at radius 2 is 1.95 bits per heavy atom. The predicted octanol–water partition coefficient (Wildman–Crippen LogP) is 4.78. The molecule has 20 heavy (non-hydrogen) atoms. The van der Waals surface area contributed by atoms with Crippen molar-refractivity contribution in [3.63, 3.8) is 0 Å². The number of benzene rings is 2. The van der Waals surface area contributed by atoms with Crippen molar-refractivity contribution >= 4 is 27.2 Å². The third kappa shape index (κ3) is 2.10. The number of hydrogen-bond donors (Lipinski definition) is 0. The Morgan fingerprint density at radius 1 is 1.15 bits per heavy atom. The first kappa shape index (κ1) is 12.9. The van der Waals surface area contributed by atoms with Gasteiger partial charge >= 0.3 is 0 Å². The zero-order valence-corrected chi connectivity index (χ0v) is 12.2. The summed E-state index contributed by atoms with van der Waals surface area (Å²) in [5.74, 6) is 0.946. The van der Waals surface area contributed by atoms with E-state index in [0.717, 1.165) is 32.5 Å². The monoisotopic (exact) mass is 282 g/mol. The third-order valence-electron chi connectivity index (χ3n) is 3.36. The van der Waals surface area contributed by atoms with Crippen LogP contribution in [0.2, 0.25) is 0 Å². The topological polar surface area (TPSA) is 26.3 Å². The molecule has 1 aromatic heterocycles. The maximum Gasteiger partial charge on any atom is 0.161 e. The lowest BCUT2D eigenvalue weighted by atomic mass is 10.0. The molecular weight excluding hydrogens is 268 g/mol. The summed E-state index contributed by atoms with van der Waals surface area (Å²) in [6.07, 6.45) is 0. The highest BCUT2D eigenvalue weighted by atomic mass is 32.1. The van der Waals surface area contributed by atoms with Gasteiger partial charge in [0, 0.05) is 21.0 Å². The first-order valence-electron chi connectivity index (χ1n) is 6.36. The normalized spacial score (nSPS) is 10.7. The summed E-state index contributed by atoms with van der Waals surface area (Å²) in [6.45, 7) is 1.61. The molecule has 2 aromatic carbocycles. The Labute approximate surface area is 121 Å². The van der Waals surface area contributed by atoms with Crippen LogP contribution in [0.4, 0.5) is 0 Å². The molecular formula is C17H14O2S. The van der Waals surface area contributed by atoms with E-state index in [1.807, 2.05) is 35.7 Å². The van der Waals surface area contributed by atoms with Crippen molar-refractivity contribution in [2.24, 2.45) is 0 Å². The summed E-state index contributed by atoms with van der Waals surface area (Å²) in [5, 5.41) is 2.97. The molecule has 0 fully saturated rings. The van der Waals surface area contributed by atoms with Gasteiger partial charge in [0.15, 0.2) is 5.78 Å². The minimum Gasteiger partial charge on any atom is -0.497 e. The van der Waals surface area contributed by atoms with Crippen LogP contribution in [-0.4, -0.2) is 12.9 Å². The van der Waals surface area contributed by atoms with Crippen LogP contribution >= 0.6 is 11.3 Å². The van der Waals surface area contributed by atoms with Crippen molar-refractivity contribution in [2.45, 2.75) is 6.92 Å². The van der Waals surface area contributed by atoms with Crippen molar-refractivity contribution in [3.05, 3.63) is 53.4 Å². The summed E-state index contributed by atoms with van der Waals surface area (Å²) in [6, 6.07) is 14.1. The molecule has 0 amide bonds. The van der Waals surface area contributed by atoms with E-state index in [1.165, 1.54) is 0 Å². The van der Waals surface area contributed by atoms with E-state index in [9.17, 15) is 4.79 Å². The largest absolute Gasteiger partial charge is 0.497 e. The van der Waals surface area contributed by atoms with Crippen molar-refractivity contribution < 1.29 is 9.53 Å². The molecule has 0 saturated heterocycles. The second-order valence-electron chi connectivity index (χ2n) is 4.62. The summed E-state index contributed by atoms with van der Waals surface area (Å²) in [4.78, 5) is 11.7. The van der Waals surface area contributed by atoms with Crippen LogP contribution in [0, 0.1) is 0 Å². The maximum atomic E-state index is 11.7. The highest BCUT2D eigenvalue weighted by molar-refractivity contribution is 7.18. The summed E-state index contributed by atoms with van der Waals surface area (Å²) in [5.41, 5.74) is 3.04. The van der Waals surface area contributed by atoms with Gasteiger partial charge in [0.05, 0.1) is 7.11 Å². The number of carbonyl (C=O) groups excluding carboxylic acids is 1. The van der Waals surface area contributed by atoms with Crippen molar-refractivity contribution in [1.82, 2.24) is 0 Å². The van der Waals surface area contributed by atoms with Gasteiger partial charge in [-0.25, -0.2) is 0 Å². The molecule has 0 radical (unpaired) electrons. The maximum absolute atomic E-state index is 11.7. The van der Waals surface area contributed by atoms with Crippen LogP contribution < -0.4 is 4.74 Å². The van der Waals surface area contributed by atoms with E-state index < -0.39 is 0 Å². The van der Waals surface area contributed by atoms with E-state index >= 15 is 0 Å². The number of methoxy groups -OCH3 is 1.